The van der Waals surface area contributed by atoms with Crippen molar-refractivity contribution in [2.45, 2.75) is 0 Å². The molecule has 6 heteroatoms. The molecule has 0 saturated heterocycles. The van der Waals surface area contributed by atoms with Crippen LogP contribution in [-0.4, -0.2) is 15.0 Å². The average molecular weight is 613 g/mol. The molecule has 0 amide bonds. The molecule has 0 spiro atoms. The fraction of sp³-hybridized carbons (Fsp3) is 0. The summed E-state index contributed by atoms with van der Waals surface area (Å²) in [6, 6.07) is 48.1. The minimum absolute atomic E-state index is 0.555. The molecule has 0 N–H and O–H groups in total. The molecule has 0 aliphatic carbocycles. The zero-order chi connectivity index (χ0) is 32.9. The first-order valence-corrected chi connectivity index (χ1v) is 15.2. The van der Waals surface area contributed by atoms with E-state index in [4.69, 9.17) is 0 Å². The molecule has 48 heavy (non-hydrogen) atoms. The standard InChI is InChI=1S/C42H24N6/c43-25-28-10-13-46-40(16-28)34-7-1-4-31(19-34)37-22-38(32-5-2-8-35(20-32)41-17-29(26-44)11-14-47-41)24-39(23-37)33-6-3-9-36(21-33)42-18-30(27-45)12-15-48-42/h1-24H. The van der Waals surface area contributed by atoms with Gasteiger partial charge in [-0.25, -0.2) is 0 Å². The van der Waals surface area contributed by atoms with Gasteiger partial charge in [0, 0.05) is 35.3 Å². The topological polar surface area (TPSA) is 110 Å². The molecule has 0 radical (unpaired) electrons. The highest BCUT2D eigenvalue weighted by atomic mass is 14.7. The molecule has 4 aromatic carbocycles. The lowest BCUT2D eigenvalue weighted by Crippen LogP contribution is -1.90. The van der Waals surface area contributed by atoms with E-state index in [1.165, 1.54) is 0 Å². The third-order valence-corrected chi connectivity index (χ3v) is 8.08. The normalized spacial score (nSPS) is 10.4. The maximum atomic E-state index is 9.44. The van der Waals surface area contributed by atoms with E-state index in [9.17, 15) is 15.8 Å². The molecule has 0 unspecified atom stereocenters. The summed E-state index contributed by atoms with van der Waals surface area (Å²) in [4.78, 5) is 13.6. The van der Waals surface area contributed by atoms with Gasteiger partial charge in [0.1, 0.15) is 0 Å². The van der Waals surface area contributed by atoms with E-state index in [-0.39, 0.29) is 0 Å². The Hall–Kier alpha value is -7.20. The van der Waals surface area contributed by atoms with Crippen LogP contribution in [0, 0.1) is 34.0 Å². The van der Waals surface area contributed by atoms with E-state index >= 15 is 0 Å². The maximum Gasteiger partial charge on any atom is 0.0992 e. The smallest absolute Gasteiger partial charge is 0.0992 e. The highest BCUT2D eigenvalue weighted by molar-refractivity contribution is 5.85. The number of rotatable bonds is 6. The van der Waals surface area contributed by atoms with Crippen molar-refractivity contribution in [2.75, 3.05) is 0 Å². The van der Waals surface area contributed by atoms with E-state index in [2.05, 4.69) is 87.8 Å². The maximum absolute atomic E-state index is 9.44. The zero-order valence-electron chi connectivity index (χ0n) is 25.5. The molecule has 0 aliphatic rings. The van der Waals surface area contributed by atoms with Gasteiger partial charge in [0.15, 0.2) is 0 Å². The molecule has 7 rings (SSSR count). The predicted octanol–water partition coefficient (Wildman–Crippen LogP) is 9.49. The van der Waals surface area contributed by atoms with Gasteiger partial charge in [0.2, 0.25) is 0 Å². The highest BCUT2D eigenvalue weighted by Crippen LogP contribution is 2.36. The summed E-state index contributed by atoms with van der Waals surface area (Å²) < 4.78 is 0. The van der Waals surface area contributed by atoms with Crippen molar-refractivity contribution in [1.29, 1.82) is 15.8 Å². The van der Waals surface area contributed by atoms with E-state index in [1.807, 2.05) is 36.4 Å². The number of hydrogen-bond donors (Lipinski definition) is 0. The number of pyridine rings is 3. The van der Waals surface area contributed by atoms with Gasteiger partial charge in [-0.15, -0.1) is 0 Å². The van der Waals surface area contributed by atoms with Gasteiger partial charge in [-0.1, -0.05) is 54.6 Å². The number of benzene rings is 4. The third-order valence-electron chi connectivity index (χ3n) is 8.08. The lowest BCUT2D eigenvalue weighted by atomic mass is 9.91. The van der Waals surface area contributed by atoms with Crippen LogP contribution in [0.5, 0.6) is 0 Å². The average Bonchev–Trinajstić information content (AvgIpc) is 3.18. The van der Waals surface area contributed by atoms with Crippen molar-refractivity contribution in [3.05, 3.63) is 163 Å². The second-order valence-corrected chi connectivity index (χ2v) is 11.2. The van der Waals surface area contributed by atoms with Gasteiger partial charge in [0.25, 0.3) is 0 Å². The van der Waals surface area contributed by atoms with E-state index in [1.54, 1.807) is 55.0 Å². The minimum atomic E-state index is 0.555. The molecule has 3 heterocycles. The summed E-state index contributed by atoms with van der Waals surface area (Å²) >= 11 is 0. The molecular weight excluding hydrogens is 589 g/mol. The van der Waals surface area contributed by atoms with E-state index in [0.717, 1.165) is 67.2 Å². The molecule has 0 fully saturated rings. The van der Waals surface area contributed by atoms with Gasteiger partial charge in [-0.2, -0.15) is 15.8 Å². The molecule has 7 aromatic rings. The molecule has 0 atom stereocenters. The van der Waals surface area contributed by atoms with Crippen LogP contribution in [-0.2, 0) is 0 Å². The Balaban J connectivity index is 1.38. The van der Waals surface area contributed by atoms with Crippen LogP contribution in [0.15, 0.2) is 146 Å². The van der Waals surface area contributed by atoms with Crippen molar-refractivity contribution in [1.82, 2.24) is 15.0 Å². The Morgan fingerprint density at radius 3 is 0.875 bits per heavy atom. The number of nitriles is 3. The van der Waals surface area contributed by atoms with Crippen LogP contribution >= 0.6 is 0 Å². The van der Waals surface area contributed by atoms with Crippen LogP contribution < -0.4 is 0 Å². The van der Waals surface area contributed by atoms with Crippen molar-refractivity contribution in [3.63, 3.8) is 0 Å². The molecular formula is C42H24N6. The van der Waals surface area contributed by atoms with E-state index in [0.29, 0.717) is 16.7 Å². The third kappa shape index (κ3) is 6.17. The number of nitrogens with zero attached hydrogens (tertiary/aromatic N) is 6. The monoisotopic (exact) mass is 612 g/mol. The molecule has 0 aliphatic heterocycles. The van der Waals surface area contributed by atoms with Crippen molar-refractivity contribution in [2.24, 2.45) is 0 Å². The predicted molar refractivity (Wildman–Crippen MR) is 187 cm³/mol. The van der Waals surface area contributed by atoms with Gasteiger partial charge < -0.3 is 0 Å². The van der Waals surface area contributed by atoms with Crippen LogP contribution in [0.25, 0.3) is 67.2 Å². The van der Waals surface area contributed by atoms with E-state index < -0.39 is 0 Å². The first kappa shape index (κ1) is 29.5. The lowest BCUT2D eigenvalue weighted by molar-refractivity contribution is 1.31. The van der Waals surface area contributed by atoms with Crippen LogP contribution in [0.3, 0.4) is 0 Å². The van der Waals surface area contributed by atoms with Gasteiger partial charge in [-0.05, 0) is 106 Å². The number of aromatic nitrogens is 3. The highest BCUT2D eigenvalue weighted by Gasteiger charge is 2.12. The first-order valence-electron chi connectivity index (χ1n) is 15.2. The molecule has 222 valence electrons. The fourth-order valence-corrected chi connectivity index (χ4v) is 5.68. The first-order chi connectivity index (χ1) is 23.6. The van der Waals surface area contributed by atoms with Crippen molar-refractivity contribution < 1.29 is 0 Å². The SMILES string of the molecule is N#Cc1ccnc(-c2cccc(-c3cc(-c4cccc(-c5cc(C#N)ccn5)c4)cc(-c4cccc(-c5cc(C#N)ccn5)c4)c3)c2)c1. The van der Waals surface area contributed by atoms with Gasteiger partial charge in [-0.3, -0.25) is 15.0 Å². The molecule has 0 bridgehead atoms. The van der Waals surface area contributed by atoms with Crippen molar-refractivity contribution >= 4 is 0 Å². The zero-order valence-corrected chi connectivity index (χ0v) is 25.5. The van der Waals surface area contributed by atoms with Gasteiger partial charge >= 0.3 is 0 Å². The van der Waals surface area contributed by atoms with Crippen molar-refractivity contribution in [3.8, 4) is 85.4 Å². The molecule has 3 aromatic heterocycles. The Labute approximate surface area is 278 Å². The second-order valence-electron chi connectivity index (χ2n) is 11.2. The second kappa shape index (κ2) is 13.0. The Kier molecular flexibility index (Phi) is 8.01. The van der Waals surface area contributed by atoms with Gasteiger partial charge in [0.05, 0.1) is 52.0 Å². The fourth-order valence-electron chi connectivity index (χ4n) is 5.68. The molecule has 0 saturated carbocycles. The summed E-state index contributed by atoms with van der Waals surface area (Å²) in [6.45, 7) is 0. The summed E-state index contributed by atoms with van der Waals surface area (Å²) in [5.74, 6) is 0. The Morgan fingerprint density at radius 2 is 0.583 bits per heavy atom. The minimum Gasteiger partial charge on any atom is -0.256 e. The summed E-state index contributed by atoms with van der Waals surface area (Å²) in [6.07, 6.45) is 4.96. The summed E-state index contributed by atoms with van der Waals surface area (Å²) in [5, 5.41) is 28.3. The Bertz CT molecular complexity index is 2170. The summed E-state index contributed by atoms with van der Waals surface area (Å²) in [7, 11) is 0. The van der Waals surface area contributed by atoms with Crippen LogP contribution in [0.1, 0.15) is 16.7 Å². The molecule has 6 nitrogen and oxygen atoms in total. The summed E-state index contributed by atoms with van der Waals surface area (Å²) in [5.41, 5.74) is 12.6. The number of hydrogen-bond acceptors (Lipinski definition) is 6. The van der Waals surface area contributed by atoms with Crippen LogP contribution in [0.2, 0.25) is 0 Å². The lowest BCUT2D eigenvalue weighted by Gasteiger charge is -2.14. The largest absolute Gasteiger partial charge is 0.256 e. The quantitative estimate of drug-likeness (QED) is 0.185. The van der Waals surface area contributed by atoms with Crippen LogP contribution in [0.4, 0.5) is 0 Å². The Morgan fingerprint density at radius 1 is 0.312 bits per heavy atom.